The number of alkyl halides is 3. The zero-order chi connectivity index (χ0) is 17.3. The van der Waals surface area contributed by atoms with Crippen LogP contribution in [0.5, 0.6) is 0 Å². The van der Waals surface area contributed by atoms with Crippen LogP contribution < -0.4 is 5.32 Å². The first-order valence-electron chi connectivity index (χ1n) is 6.77. The van der Waals surface area contributed by atoms with Crippen molar-refractivity contribution in [1.82, 2.24) is 9.55 Å². The predicted molar refractivity (Wildman–Crippen MR) is 77.6 cm³/mol. The Morgan fingerprint density at radius 3 is 2.61 bits per heavy atom. The van der Waals surface area contributed by atoms with Gasteiger partial charge in [-0.1, -0.05) is 12.1 Å². The minimum atomic E-state index is -5.05. The van der Waals surface area contributed by atoms with Crippen LogP contribution in [0, 0.1) is 6.92 Å². The van der Waals surface area contributed by atoms with Gasteiger partial charge in [-0.2, -0.15) is 13.2 Å². The lowest BCUT2D eigenvalue weighted by atomic mass is 9.97. The Morgan fingerprint density at radius 2 is 2.09 bits per heavy atom. The molecule has 1 amide bonds. The number of imidazole rings is 1. The average Bonchev–Trinajstić information content (AvgIpc) is 2.83. The minimum absolute atomic E-state index is 0.361. The number of rotatable bonds is 4. The summed E-state index contributed by atoms with van der Waals surface area (Å²) in [5.41, 5.74) is -2.16. The van der Waals surface area contributed by atoms with Crippen molar-refractivity contribution in [1.29, 1.82) is 0 Å². The molecular weight excluding hydrogens is 311 g/mol. The lowest BCUT2D eigenvalue weighted by Gasteiger charge is -2.29. The number of nitrogens with zero attached hydrogens (tertiary/aromatic N) is 2. The predicted octanol–water partition coefficient (Wildman–Crippen LogP) is 2.51. The molecule has 1 heterocycles. The van der Waals surface area contributed by atoms with Gasteiger partial charge in [-0.25, -0.2) is 4.98 Å². The zero-order valence-corrected chi connectivity index (χ0v) is 12.6. The van der Waals surface area contributed by atoms with Crippen molar-refractivity contribution in [2.24, 2.45) is 7.05 Å². The molecule has 0 spiro atoms. The third-order valence-corrected chi connectivity index (χ3v) is 3.38. The van der Waals surface area contributed by atoms with Gasteiger partial charge in [0.05, 0.1) is 6.42 Å². The molecule has 1 aromatic heterocycles. The number of halogens is 3. The SMILES string of the molecule is Cc1cccc(NC(=O)C[C@@](O)(c2nccn2C)C(F)(F)F)c1. The maximum atomic E-state index is 13.3. The molecule has 0 saturated carbocycles. The number of hydrogen-bond acceptors (Lipinski definition) is 3. The molecule has 0 bridgehead atoms. The van der Waals surface area contributed by atoms with E-state index in [1.807, 2.05) is 0 Å². The third kappa shape index (κ3) is 3.53. The van der Waals surface area contributed by atoms with E-state index in [-0.39, 0.29) is 0 Å². The molecule has 1 aromatic carbocycles. The van der Waals surface area contributed by atoms with E-state index in [4.69, 9.17) is 0 Å². The number of carbonyl (C=O) groups excluding carboxylic acids is 1. The molecular formula is C15H16F3N3O2. The number of amides is 1. The van der Waals surface area contributed by atoms with Crippen LogP contribution in [0.3, 0.4) is 0 Å². The highest BCUT2D eigenvalue weighted by Gasteiger charge is 2.58. The van der Waals surface area contributed by atoms with Crippen molar-refractivity contribution in [2.45, 2.75) is 25.1 Å². The molecule has 0 radical (unpaired) electrons. The van der Waals surface area contributed by atoms with Gasteiger partial charge in [0.1, 0.15) is 0 Å². The van der Waals surface area contributed by atoms with Crippen molar-refractivity contribution < 1.29 is 23.1 Å². The number of aryl methyl sites for hydroxylation is 2. The summed E-state index contributed by atoms with van der Waals surface area (Å²) in [5.74, 6) is -1.59. The van der Waals surface area contributed by atoms with Crippen LogP contribution in [0.1, 0.15) is 17.8 Å². The molecule has 0 aliphatic heterocycles. The smallest absolute Gasteiger partial charge is 0.374 e. The summed E-state index contributed by atoms with van der Waals surface area (Å²) < 4.78 is 41.0. The summed E-state index contributed by atoms with van der Waals surface area (Å²) in [4.78, 5) is 15.5. The lowest BCUT2D eigenvalue weighted by molar-refractivity contribution is -0.270. The van der Waals surface area contributed by atoms with Crippen LogP contribution in [0.2, 0.25) is 0 Å². The summed E-state index contributed by atoms with van der Waals surface area (Å²) in [7, 11) is 1.32. The Balaban J connectivity index is 2.25. The van der Waals surface area contributed by atoms with E-state index < -0.39 is 29.9 Å². The molecule has 23 heavy (non-hydrogen) atoms. The highest BCUT2D eigenvalue weighted by atomic mass is 19.4. The Kier molecular flexibility index (Phi) is 4.46. The highest BCUT2D eigenvalue weighted by molar-refractivity contribution is 5.91. The van der Waals surface area contributed by atoms with Gasteiger partial charge in [0.25, 0.3) is 0 Å². The summed E-state index contributed by atoms with van der Waals surface area (Å²) in [6, 6.07) is 6.62. The fraction of sp³-hybridized carbons (Fsp3) is 0.333. The highest BCUT2D eigenvalue weighted by Crippen LogP contribution is 2.40. The maximum Gasteiger partial charge on any atom is 0.425 e. The lowest BCUT2D eigenvalue weighted by Crippen LogP contribution is -2.46. The van der Waals surface area contributed by atoms with E-state index in [0.29, 0.717) is 5.69 Å². The topological polar surface area (TPSA) is 67.2 Å². The van der Waals surface area contributed by atoms with Crippen LogP contribution in [-0.2, 0) is 17.4 Å². The monoisotopic (exact) mass is 327 g/mol. The molecule has 2 N–H and O–H groups in total. The summed E-state index contributed by atoms with van der Waals surface area (Å²) >= 11 is 0. The number of anilines is 1. The second kappa shape index (κ2) is 6.04. The number of carbonyl (C=O) groups is 1. The second-order valence-corrected chi connectivity index (χ2v) is 5.31. The molecule has 8 heteroatoms. The largest absolute Gasteiger partial charge is 0.425 e. The van der Waals surface area contributed by atoms with E-state index in [1.165, 1.54) is 13.2 Å². The molecule has 0 aliphatic carbocycles. The first-order valence-corrected chi connectivity index (χ1v) is 6.77. The quantitative estimate of drug-likeness (QED) is 0.907. The average molecular weight is 327 g/mol. The number of hydrogen-bond donors (Lipinski definition) is 2. The summed E-state index contributed by atoms with van der Waals surface area (Å²) in [5, 5.41) is 12.5. The summed E-state index contributed by atoms with van der Waals surface area (Å²) in [6.07, 6.45) is -3.83. The van der Waals surface area contributed by atoms with Gasteiger partial charge in [0, 0.05) is 25.1 Å². The number of aliphatic hydroxyl groups is 1. The molecule has 0 fully saturated rings. The minimum Gasteiger partial charge on any atom is -0.374 e. The zero-order valence-electron chi connectivity index (χ0n) is 12.6. The Morgan fingerprint density at radius 1 is 1.39 bits per heavy atom. The molecule has 1 atom stereocenters. The molecule has 2 rings (SSSR count). The van der Waals surface area contributed by atoms with Crippen LogP contribution in [0.25, 0.3) is 0 Å². The molecule has 0 aliphatic rings. The van der Waals surface area contributed by atoms with Crippen LogP contribution in [0.15, 0.2) is 36.7 Å². The van der Waals surface area contributed by atoms with Crippen molar-refractivity contribution in [3.05, 3.63) is 48.0 Å². The number of nitrogens with one attached hydrogen (secondary N) is 1. The molecule has 0 saturated heterocycles. The normalized spacial score (nSPS) is 14.3. The van der Waals surface area contributed by atoms with E-state index in [0.717, 1.165) is 16.3 Å². The third-order valence-electron chi connectivity index (χ3n) is 3.38. The molecule has 124 valence electrons. The fourth-order valence-corrected chi connectivity index (χ4v) is 2.23. The van der Waals surface area contributed by atoms with Crippen LogP contribution >= 0.6 is 0 Å². The molecule has 5 nitrogen and oxygen atoms in total. The summed E-state index contributed by atoms with van der Waals surface area (Å²) in [6.45, 7) is 1.79. The van der Waals surface area contributed by atoms with Crippen molar-refractivity contribution in [2.75, 3.05) is 5.32 Å². The van der Waals surface area contributed by atoms with Gasteiger partial charge in [-0.05, 0) is 24.6 Å². The van der Waals surface area contributed by atoms with E-state index >= 15 is 0 Å². The number of aromatic nitrogens is 2. The van der Waals surface area contributed by atoms with Gasteiger partial charge < -0.3 is 15.0 Å². The van der Waals surface area contributed by atoms with Crippen LogP contribution in [0.4, 0.5) is 18.9 Å². The first-order chi connectivity index (χ1) is 10.6. The van der Waals surface area contributed by atoms with Gasteiger partial charge in [-0.3, -0.25) is 4.79 Å². The standard InChI is InChI=1S/C15H16F3N3O2/c1-10-4-3-5-11(8-10)20-12(22)9-14(23,15(16,17)18)13-19-6-7-21(13)2/h3-8,23H,9H2,1-2H3,(H,20,22)/t14-/m1/s1. The van der Waals surface area contributed by atoms with E-state index in [2.05, 4.69) is 10.3 Å². The van der Waals surface area contributed by atoms with Gasteiger partial charge in [0.2, 0.25) is 11.5 Å². The van der Waals surface area contributed by atoms with Gasteiger partial charge in [-0.15, -0.1) is 0 Å². The van der Waals surface area contributed by atoms with Gasteiger partial charge in [0.15, 0.2) is 5.82 Å². The van der Waals surface area contributed by atoms with Crippen LogP contribution in [-0.4, -0.2) is 26.7 Å². The van der Waals surface area contributed by atoms with E-state index in [9.17, 15) is 23.1 Å². The Labute approximate surface area is 130 Å². The van der Waals surface area contributed by atoms with Gasteiger partial charge >= 0.3 is 6.18 Å². The van der Waals surface area contributed by atoms with E-state index in [1.54, 1.807) is 31.2 Å². The van der Waals surface area contributed by atoms with Crippen molar-refractivity contribution in [3.63, 3.8) is 0 Å². The Bertz CT molecular complexity index is 712. The second-order valence-electron chi connectivity index (χ2n) is 5.31. The van der Waals surface area contributed by atoms with Crippen molar-refractivity contribution >= 4 is 11.6 Å². The van der Waals surface area contributed by atoms with Crippen molar-refractivity contribution in [3.8, 4) is 0 Å². The Hall–Kier alpha value is -2.35. The molecule has 2 aromatic rings. The fourth-order valence-electron chi connectivity index (χ4n) is 2.23. The maximum absolute atomic E-state index is 13.3. The first kappa shape index (κ1) is 17.0. The number of benzene rings is 1. The molecule has 0 unspecified atom stereocenters.